The van der Waals surface area contributed by atoms with E-state index in [0.29, 0.717) is 12.8 Å². The third-order valence-corrected chi connectivity index (χ3v) is 0.827. The standard InChI is InChI=1S/C6H8N2.C2H4Cl2/c7-5-3-1-2-4-6-8;1-2(3)4/h1-4H2;2H,1H3. The van der Waals surface area contributed by atoms with Crippen LogP contribution in [0.1, 0.15) is 32.6 Å². The molecule has 0 aliphatic heterocycles. The van der Waals surface area contributed by atoms with Crippen LogP contribution < -0.4 is 0 Å². The van der Waals surface area contributed by atoms with Crippen LogP contribution in [-0.4, -0.2) is 4.84 Å². The van der Waals surface area contributed by atoms with Crippen molar-refractivity contribution in [3.63, 3.8) is 0 Å². The topological polar surface area (TPSA) is 47.6 Å². The third-order valence-electron chi connectivity index (χ3n) is 0.827. The van der Waals surface area contributed by atoms with Crippen molar-refractivity contribution in [3.05, 3.63) is 0 Å². The molecule has 68 valence electrons. The van der Waals surface area contributed by atoms with Gasteiger partial charge in [0.25, 0.3) is 0 Å². The molecule has 0 unspecified atom stereocenters. The Hall–Kier alpha value is -0.440. The first-order valence-electron chi connectivity index (χ1n) is 3.67. The van der Waals surface area contributed by atoms with Crippen LogP contribution in [0.3, 0.4) is 0 Å². The van der Waals surface area contributed by atoms with Crippen LogP contribution >= 0.6 is 23.2 Å². The Labute approximate surface area is 83.7 Å². The number of hydrogen-bond donors (Lipinski definition) is 0. The Kier molecular flexibility index (Phi) is 15.5. The van der Waals surface area contributed by atoms with Gasteiger partial charge in [0, 0.05) is 12.8 Å². The summed E-state index contributed by atoms with van der Waals surface area (Å²) >= 11 is 10.1. The summed E-state index contributed by atoms with van der Waals surface area (Å²) in [5.74, 6) is 0. The van der Waals surface area contributed by atoms with E-state index in [9.17, 15) is 0 Å². The monoisotopic (exact) mass is 206 g/mol. The van der Waals surface area contributed by atoms with Gasteiger partial charge in [0.05, 0.1) is 12.1 Å². The van der Waals surface area contributed by atoms with Crippen molar-refractivity contribution in [2.75, 3.05) is 0 Å². The molecule has 0 N–H and O–H groups in total. The predicted molar refractivity (Wildman–Crippen MR) is 50.9 cm³/mol. The molecule has 0 rings (SSSR count). The lowest BCUT2D eigenvalue weighted by atomic mass is 10.2. The average molecular weight is 207 g/mol. The lowest BCUT2D eigenvalue weighted by Gasteiger charge is -1.83. The molecule has 0 spiro atoms. The van der Waals surface area contributed by atoms with Gasteiger partial charge in [-0.15, -0.1) is 23.2 Å². The van der Waals surface area contributed by atoms with Crippen LogP contribution in [0.2, 0.25) is 0 Å². The fourth-order valence-electron chi connectivity index (χ4n) is 0.408. The van der Waals surface area contributed by atoms with Crippen LogP contribution in [0, 0.1) is 22.7 Å². The van der Waals surface area contributed by atoms with Gasteiger partial charge in [-0.3, -0.25) is 0 Å². The fraction of sp³-hybridized carbons (Fsp3) is 0.750. The highest BCUT2D eigenvalue weighted by atomic mass is 35.5. The largest absolute Gasteiger partial charge is 0.198 e. The van der Waals surface area contributed by atoms with Gasteiger partial charge in [-0.2, -0.15) is 10.5 Å². The zero-order valence-electron chi connectivity index (χ0n) is 7.06. The predicted octanol–water partition coefficient (Wildman–Crippen LogP) is 3.40. The molecule has 0 amide bonds. The van der Waals surface area contributed by atoms with Gasteiger partial charge < -0.3 is 0 Å². The van der Waals surface area contributed by atoms with E-state index in [0.717, 1.165) is 12.8 Å². The van der Waals surface area contributed by atoms with Crippen molar-refractivity contribution in [2.45, 2.75) is 37.4 Å². The summed E-state index contributed by atoms with van der Waals surface area (Å²) in [6.45, 7) is 1.70. The molecule has 0 aliphatic carbocycles. The minimum Gasteiger partial charge on any atom is -0.198 e. The number of alkyl halides is 2. The van der Waals surface area contributed by atoms with E-state index in [1.54, 1.807) is 6.92 Å². The lowest BCUT2D eigenvalue weighted by Crippen LogP contribution is -1.70. The van der Waals surface area contributed by atoms with Crippen LogP contribution in [0.5, 0.6) is 0 Å². The highest BCUT2D eigenvalue weighted by Crippen LogP contribution is 1.96. The third kappa shape index (κ3) is 33.7. The summed E-state index contributed by atoms with van der Waals surface area (Å²) in [6.07, 6.45) is 2.90. The minimum atomic E-state index is -0.222. The molecule has 0 aromatic heterocycles. The van der Waals surface area contributed by atoms with E-state index < -0.39 is 0 Å². The zero-order valence-corrected chi connectivity index (χ0v) is 8.57. The molecule has 12 heavy (non-hydrogen) atoms. The van der Waals surface area contributed by atoms with Gasteiger partial charge >= 0.3 is 0 Å². The van der Waals surface area contributed by atoms with Crippen LogP contribution in [0.15, 0.2) is 0 Å². The van der Waals surface area contributed by atoms with Gasteiger partial charge in [0.15, 0.2) is 0 Å². The summed E-state index contributed by atoms with van der Waals surface area (Å²) in [5.41, 5.74) is 0. The molecule has 0 heterocycles. The van der Waals surface area contributed by atoms with Crippen molar-refractivity contribution in [3.8, 4) is 12.1 Å². The Bertz CT molecular complexity index is 137. The first-order chi connectivity index (χ1) is 5.65. The van der Waals surface area contributed by atoms with E-state index in [4.69, 9.17) is 33.7 Å². The summed E-state index contributed by atoms with van der Waals surface area (Å²) in [6, 6.07) is 4.03. The normalized spacial score (nSPS) is 7.83. The molecule has 0 saturated heterocycles. The Balaban J connectivity index is 0. The molecule has 0 fully saturated rings. The van der Waals surface area contributed by atoms with Crippen LogP contribution in [-0.2, 0) is 0 Å². The van der Waals surface area contributed by atoms with Crippen LogP contribution in [0.4, 0.5) is 0 Å². The highest BCUT2D eigenvalue weighted by molar-refractivity contribution is 6.43. The van der Waals surface area contributed by atoms with Gasteiger partial charge in [0.1, 0.15) is 4.84 Å². The van der Waals surface area contributed by atoms with Crippen molar-refractivity contribution in [2.24, 2.45) is 0 Å². The average Bonchev–Trinajstić information content (AvgIpc) is 1.97. The molecular formula is C8H12Cl2N2. The summed E-state index contributed by atoms with van der Waals surface area (Å²) < 4.78 is 0. The second-order valence-electron chi connectivity index (χ2n) is 2.04. The maximum Gasteiger partial charge on any atom is 0.105 e. The highest BCUT2D eigenvalue weighted by Gasteiger charge is 1.83. The quantitative estimate of drug-likeness (QED) is 0.525. The number of nitriles is 2. The van der Waals surface area contributed by atoms with Crippen LogP contribution in [0.25, 0.3) is 0 Å². The number of nitrogens with zero attached hydrogens (tertiary/aromatic N) is 2. The maximum atomic E-state index is 8.03. The molecule has 0 aromatic rings. The van der Waals surface area contributed by atoms with Gasteiger partial charge in [-0.05, 0) is 19.8 Å². The number of hydrogen-bond acceptors (Lipinski definition) is 2. The first-order valence-corrected chi connectivity index (χ1v) is 4.54. The van der Waals surface area contributed by atoms with Crippen molar-refractivity contribution in [1.29, 1.82) is 10.5 Å². The second-order valence-corrected chi connectivity index (χ2v) is 3.57. The number of halogens is 2. The molecule has 0 aliphatic rings. The van der Waals surface area contributed by atoms with E-state index in [1.807, 2.05) is 12.1 Å². The minimum absolute atomic E-state index is 0.222. The molecule has 4 heteroatoms. The molecule has 0 saturated carbocycles. The maximum absolute atomic E-state index is 8.03. The van der Waals surface area contributed by atoms with Crippen molar-refractivity contribution >= 4 is 23.2 Å². The van der Waals surface area contributed by atoms with E-state index in [1.165, 1.54) is 0 Å². The molecular weight excluding hydrogens is 195 g/mol. The van der Waals surface area contributed by atoms with E-state index in [2.05, 4.69) is 0 Å². The molecule has 0 atom stereocenters. The molecule has 0 radical (unpaired) electrons. The smallest absolute Gasteiger partial charge is 0.105 e. The van der Waals surface area contributed by atoms with Crippen molar-refractivity contribution in [1.82, 2.24) is 0 Å². The molecule has 2 nitrogen and oxygen atoms in total. The van der Waals surface area contributed by atoms with Gasteiger partial charge in [0.2, 0.25) is 0 Å². The van der Waals surface area contributed by atoms with Gasteiger partial charge in [-0.25, -0.2) is 0 Å². The van der Waals surface area contributed by atoms with Gasteiger partial charge in [-0.1, -0.05) is 0 Å². The molecule has 0 aromatic carbocycles. The number of rotatable bonds is 3. The summed E-state index contributed by atoms with van der Waals surface area (Å²) in [4.78, 5) is -0.222. The summed E-state index contributed by atoms with van der Waals surface area (Å²) in [7, 11) is 0. The van der Waals surface area contributed by atoms with Crippen molar-refractivity contribution < 1.29 is 0 Å². The Morgan fingerprint density at radius 1 is 1.08 bits per heavy atom. The summed E-state index contributed by atoms with van der Waals surface area (Å²) in [5, 5.41) is 16.1. The second kappa shape index (κ2) is 13.2. The molecule has 0 bridgehead atoms. The Morgan fingerprint density at radius 2 is 1.33 bits per heavy atom. The van der Waals surface area contributed by atoms with E-state index >= 15 is 0 Å². The Morgan fingerprint density at radius 3 is 1.50 bits per heavy atom. The zero-order chi connectivity index (χ0) is 9.82. The number of unbranched alkanes of at least 4 members (excludes halogenated alkanes) is 3. The lowest BCUT2D eigenvalue weighted by molar-refractivity contribution is 0.773. The SMILES string of the molecule is CC(Cl)Cl.N#CCCCCC#N. The fourth-order valence-corrected chi connectivity index (χ4v) is 0.408. The first kappa shape index (κ1) is 14.1. The van der Waals surface area contributed by atoms with E-state index in [-0.39, 0.29) is 4.84 Å².